The summed E-state index contributed by atoms with van der Waals surface area (Å²) >= 11 is 0. The average Bonchev–Trinajstić information content (AvgIpc) is 2.36. The summed E-state index contributed by atoms with van der Waals surface area (Å²) in [6.45, 7) is 2.27. The molecule has 0 saturated carbocycles. The first-order valence-corrected chi connectivity index (χ1v) is 5.40. The molecule has 0 fully saturated rings. The fourth-order valence-corrected chi connectivity index (χ4v) is 1.88. The molecule has 0 saturated heterocycles. The second kappa shape index (κ2) is 4.41. The summed E-state index contributed by atoms with van der Waals surface area (Å²) in [5.41, 5.74) is -1.06. The quantitative estimate of drug-likeness (QED) is 0.639. The van der Waals surface area contributed by atoms with E-state index < -0.39 is 10.9 Å². The van der Waals surface area contributed by atoms with E-state index in [4.69, 9.17) is 0 Å². The van der Waals surface area contributed by atoms with Gasteiger partial charge in [0.1, 0.15) is 5.36 Å². The van der Waals surface area contributed by atoms with Crippen molar-refractivity contribution in [1.29, 1.82) is 0 Å². The van der Waals surface area contributed by atoms with Crippen LogP contribution in [0.3, 0.4) is 0 Å². The van der Waals surface area contributed by atoms with Crippen LogP contribution in [0.25, 0.3) is 10.8 Å². The first-order chi connectivity index (χ1) is 8.20. The van der Waals surface area contributed by atoms with E-state index in [0.717, 1.165) is 0 Å². The molecule has 4 heteroatoms. The molecule has 2 rings (SSSR count). The molecule has 0 aliphatic carbocycles. The minimum Gasteiger partial charge on any atom is -0.286 e. The van der Waals surface area contributed by atoms with Gasteiger partial charge in [-0.2, -0.15) is 0 Å². The number of hydrogen-bond acceptors (Lipinski definition) is 4. The summed E-state index contributed by atoms with van der Waals surface area (Å²) in [4.78, 5) is 31.9. The van der Waals surface area contributed by atoms with Crippen LogP contribution in [0, 0.1) is 0 Å². The van der Waals surface area contributed by atoms with Gasteiger partial charge >= 0.3 is 0 Å². The highest BCUT2D eigenvalue weighted by atomic mass is 16.2. The van der Waals surface area contributed by atoms with Crippen LogP contribution in [0.2, 0.25) is 0 Å². The van der Waals surface area contributed by atoms with Crippen LogP contribution in [0.5, 0.6) is 0 Å². The molecule has 17 heavy (non-hydrogen) atoms. The molecule has 0 unspecified atom stereocenters. The van der Waals surface area contributed by atoms with Gasteiger partial charge in [0.2, 0.25) is 5.43 Å². The van der Waals surface area contributed by atoms with Gasteiger partial charge in [0, 0.05) is 24.4 Å². The lowest BCUT2D eigenvalue weighted by Gasteiger charge is -1.96. The molecule has 0 aliphatic heterocycles. The molecule has 0 atom stereocenters. The predicted molar refractivity (Wildman–Crippen MR) is 66.5 cm³/mol. The second-order valence-corrected chi connectivity index (χ2v) is 3.60. The predicted octanol–water partition coefficient (Wildman–Crippen LogP) is -0.113. The molecule has 0 aromatic heterocycles. The molecule has 4 nitrogen and oxygen atoms in total. The highest BCUT2D eigenvalue weighted by molar-refractivity contribution is 5.81. The summed E-state index contributed by atoms with van der Waals surface area (Å²) < 4.78 is 0. The number of nitrogens with zero attached hydrogens (tertiary/aromatic N) is 2. The SMILES string of the molecule is CCN=c1c(=O)c(=O)c2ccccc2c1=NC. The van der Waals surface area contributed by atoms with E-state index in [1.807, 2.05) is 13.0 Å². The first-order valence-electron chi connectivity index (χ1n) is 5.40. The smallest absolute Gasteiger partial charge is 0.253 e. The number of rotatable bonds is 1. The Kier molecular flexibility index (Phi) is 2.95. The monoisotopic (exact) mass is 228 g/mol. The summed E-state index contributed by atoms with van der Waals surface area (Å²) in [6.07, 6.45) is 0. The number of fused-ring (bicyclic) bond motifs is 1. The molecule has 2 aromatic carbocycles. The van der Waals surface area contributed by atoms with E-state index >= 15 is 0 Å². The van der Waals surface area contributed by atoms with Gasteiger partial charge < -0.3 is 0 Å². The number of hydrogen-bond donors (Lipinski definition) is 0. The Morgan fingerprint density at radius 2 is 1.65 bits per heavy atom. The van der Waals surface area contributed by atoms with Crippen molar-refractivity contribution < 1.29 is 0 Å². The molecule has 0 radical (unpaired) electrons. The Bertz CT molecular complexity index is 782. The zero-order chi connectivity index (χ0) is 12.4. The molecule has 86 valence electrons. The van der Waals surface area contributed by atoms with E-state index in [9.17, 15) is 9.59 Å². The minimum atomic E-state index is -0.564. The van der Waals surface area contributed by atoms with Gasteiger partial charge in [-0.15, -0.1) is 0 Å². The molecule has 0 aliphatic rings. The van der Waals surface area contributed by atoms with Crippen LogP contribution >= 0.6 is 0 Å². The summed E-state index contributed by atoms with van der Waals surface area (Å²) in [6, 6.07) is 6.98. The fraction of sp³-hybridized carbons (Fsp3) is 0.231. The van der Waals surface area contributed by atoms with Crippen LogP contribution in [0.15, 0.2) is 43.8 Å². The Balaban J connectivity index is 3.26. The van der Waals surface area contributed by atoms with Gasteiger partial charge in [-0.3, -0.25) is 19.6 Å². The third-order valence-corrected chi connectivity index (χ3v) is 2.61. The normalized spacial score (nSPS) is 13.5. The minimum absolute atomic E-state index is 0.179. The van der Waals surface area contributed by atoms with Crippen LogP contribution in [-0.4, -0.2) is 13.6 Å². The Labute approximate surface area is 97.3 Å². The van der Waals surface area contributed by atoms with Crippen LogP contribution in [0.4, 0.5) is 0 Å². The van der Waals surface area contributed by atoms with E-state index in [0.29, 0.717) is 22.7 Å². The van der Waals surface area contributed by atoms with Crippen molar-refractivity contribution in [2.75, 3.05) is 13.6 Å². The molecule has 0 amide bonds. The summed E-state index contributed by atoms with van der Waals surface area (Å²) in [5.74, 6) is 0. The molecule has 2 aromatic rings. The van der Waals surface area contributed by atoms with Crippen LogP contribution in [-0.2, 0) is 0 Å². The lowest BCUT2D eigenvalue weighted by atomic mass is 10.1. The maximum absolute atomic E-state index is 11.9. The van der Waals surface area contributed by atoms with Gasteiger partial charge in [-0.1, -0.05) is 24.3 Å². The van der Waals surface area contributed by atoms with E-state index in [-0.39, 0.29) is 5.36 Å². The molecule has 0 spiro atoms. The molecule has 0 bridgehead atoms. The van der Waals surface area contributed by atoms with Gasteiger partial charge in [0.25, 0.3) is 5.43 Å². The van der Waals surface area contributed by atoms with E-state index in [2.05, 4.69) is 9.98 Å². The maximum Gasteiger partial charge on any atom is 0.253 e. The zero-order valence-electron chi connectivity index (χ0n) is 9.73. The van der Waals surface area contributed by atoms with Gasteiger partial charge in [0.15, 0.2) is 0 Å². The van der Waals surface area contributed by atoms with E-state index in [1.165, 1.54) is 0 Å². The van der Waals surface area contributed by atoms with Gasteiger partial charge in [-0.25, -0.2) is 0 Å². The lowest BCUT2D eigenvalue weighted by Crippen LogP contribution is -2.48. The van der Waals surface area contributed by atoms with Crippen molar-refractivity contribution in [3.63, 3.8) is 0 Å². The fourth-order valence-electron chi connectivity index (χ4n) is 1.88. The van der Waals surface area contributed by atoms with Crippen LogP contribution < -0.4 is 21.6 Å². The topological polar surface area (TPSA) is 58.9 Å². The van der Waals surface area contributed by atoms with Gasteiger partial charge in [0.05, 0.1) is 5.36 Å². The lowest BCUT2D eigenvalue weighted by molar-refractivity contribution is 1.03. The van der Waals surface area contributed by atoms with Gasteiger partial charge in [-0.05, 0) is 6.92 Å². The molecule has 0 N–H and O–H groups in total. The number of benzene rings is 2. The molecular weight excluding hydrogens is 216 g/mol. The van der Waals surface area contributed by atoms with Crippen LogP contribution in [0.1, 0.15) is 6.92 Å². The maximum atomic E-state index is 11.9. The zero-order valence-corrected chi connectivity index (χ0v) is 9.73. The van der Waals surface area contributed by atoms with Crippen molar-refractivity contribution in [1.82, 2.24) is 0 Å². The summed E-state index contributed by atoms with van der Waals surface area (Å²) in [7, 11) is 1.60. The highest BCUT2D eigenvalue weighted by Crippen LogP contribution is 2.00. The average molecular weight is 228 g/mol. The molecular formula is C13H12N2O2. The largest absolute Gasteiger partial charge is 0.286 e. The Morgan fingerprint density at radius 1 is 1.00 bits per heavy atom. The van der Waals surface area contributed by atoms with Crippen molar-refractivity contribution >= 4 is 10.8 Å². The second-order valence-electron chi connectivity index (χ2n) is 3.60. The molecule has 0 heterocycles. The van der Waals surface area contributed by atoms with Crippen molar-refractivity contribution in [3.05, 3.63) is 55.4 Å². The standard InChI is InChI=1S/C13H12N2O2/c1-3-15-11-10(14-2)8-6-4-5-7-9(8)12(16)13(11)17/h4-7H,3H2,1-2H3. The Morgan fingerprint density at radius 3 is 2.24 bits per heavy atom. The van der Waals surface area contributed by atoms with Crippen molar-refractivity contribution in [2.45, 2.75) is 6.92 Å². The summed E-state index contributed by atoms with van der Waals surface area (Å²) in [5, 5.41) is 1.78. The van der Waals surface area contributed by atoms with Crippen molar-refractivity contribution in [3.8, 4) is 0 Å². The Hall–Kier alpha value is -2.10. The third kappa shape index (κ3) is 1.71. The highest BCUT2D eigenvalue weighted by Gasteiger charge is 2.07. The third-order valence-electron chi connectivity index (χ3n) is 2.61. The van der Waals surface area contributed by atoms with Crippen molar-refractivity contribution in [2.24, 2.45) is 9.98 Å². The first kappa shape index (κ1) is 11.4. The van der Waals surface area contributed by atoms with E-state index in [1.54, 1.807) is 25.2 Å².